The van der Waals surface area contributed by atoms with Gasteiger partial charge in [-0.1, -0.05) is 0 Å². The molecule has 0 heterocycles. The Morgan fingerprint density at radius 1 is 2.00 bits per heavy atom. The molecule has 0 aromatic rings. The van der Waals surface area contributed by atoms with Gasteiger partial charge in [0.05, 0.1) is 0 Å². The van der Waals surface area contributed by atoms with Crippen LogP contribution in [0.2, 0.25) is 0 Å². The molecule has 0 aromatic heterocycles. The number of primary amides is 1. The number of halogens is 1. The highest BCUT2D eigenvalue weighted by molar-refractivity contribution is 5.64. The number of rotatable bonds is 2. The van der Waals surface area contributed by atoms with Crippen LogP contribution in [0.3, 0.4) is 0 Å². The lowest BCUT2D eigenvalue weighted by Crippen LogP contribution is -2.21. The van der Waals surface area contributed by atoms with Gasteiger partial charge in [-0.15, -0.1) is 0 Å². The van der Waals surface area contributed by atoms with E-state index in [0.29, 0.717) is 0 Å². The number of ether oxygens (including phenoxy) is 1. The quantitative estimate of drug-likeness (QED) is 0.513. The van der Waals surface area contributed by atoms with Gasteiger partial charge in [0, 0.05) is 0 Å². The smallest absolute Gasteiger partial charge is 0.407 e. The molecule has 5 heteroatoms. The van der Waals surface area contributed by atoms with E-state index >= 15 is 0 Å². The van der Waals surface area contributed by atoms with Gasteiger partial charge in [0.15, 0.2) is 0 Å². The van der Waals surface area contributed by atoms with Crippen LogP contribution >= 0.6 is 0 Å². The first kappa shape index (κ1) is 7.16. The molecule has 0 saturated carbocycles. The Balaban J connectivity index is 3.24. The highest BCUT2D eigenvalue weighted by Gasteiger charge is 2.05. The third kappa shape index (κ3) is 3.35. The lowest BCUT2D eigenvalue weighted by atomic mass is 10.7. The summed E-state index contributed by atoms with van der Waals surface area (Å²) in [6.07, 6.45) is -3.22. The maximum atomic E-state index is 11.6. The Kier molecular flexibility index (Phi) is 2.86. The topological polar surface area (TPSA) is 72.6 Å². The number of aliphatic hydroxyl groups excluding tert-OH is 1. The van der Waals surface area contributed by atoms with E-state index in [0.717, 1.165) is 0 Å². The molecule has 0 aliphatic carbocycles. The highest BCUT2D eigenvalue weighted by atomic mass is 19.1. The standard InChI is InChI=1S/C3H6FNO3/c4-2(1-6)8-3(5)7/h2,6H,1H2,(H2,5,7). The highest BCUT2D eigenvalue weighted by Crippen LogP contribution is 1.89. The summed E-state index contributed by atoms with van der Waals surface area (Å²) in [5, 5.41) is 7.88. The van der Waals surface area contributed by atoms with Crippen LogP contribution in [0, 0.1) is 0 Å². The van der Waals surface area contributed by atoms with Gasteiger partial charge in [-0.2, -0.15) is 4.39 Å². The molecule has 0 bridgehead atoms. The Morgan fingerprint density at radius 3 is 2.62 bits per heavy atom. The van der Waals surface area contributed by atoms with E-state index in [-0.39, 0.29) is 0 Å². The molecule has 4 nitrogen and oxygen atoms in total. The molecule has 0 saturated heterocycles. The molecule has 0 radical (unpaired) electrons. The molecular weight excluding hydrogens is 117 g/mol. The lowest BCUT2D eigenvalue weighted by Gasteiger charge is -2.01. The second-order valence-electron chi connectivity index (χ2n) is 1.03. The number of carbonyl (C=O) groups excluding carboxylic acids is 1. The summed E-state index contributed by atoms with van der Waals surface area (Å²) < 4.78 is 15.2. The average molecular weight is 123 g/mol. The second-order valence-corrected chi connectivity index (χ2v) is 1.03. The van der Waals surface area contributed by atoms with Crippen LogP contribution in [0.25, 0.3) is 0 Å². The van der Waals surface area contributed by atoms with Crippen LogP contribution in [-0.4, -0.2) is 24.2 Å². The summed E-state index contributed by atoms with van der Waals surface area (Å²) in [5.74, 6) is 0. The molecule has 0 aliphatic heterocycles. The maximum absolute atomic E-state index is 11.6. The molecule has 0 rings (SSSR count). The van der Waals surface area contributed by atoms with Crippen molar-refractivity contribution in [1.82, 2.24) is 0 Å². The molecule has 1 unspecified atom stereocenters. The van der Waals surface area contributed by atoms with Gasteiger partial charge in [-0.05, 0) is 0 Å². The van der Waals surface area contributed by atoms with Gasteiger partial charge in [-0.3, -0.25) is 0 Å². The summed E-state index contributed by atoms with van der Waals surface area (Å²) in [6.45, 7) is -0.858. The minimum Gasteiger partial charge on any atom is -0.413 e. The van der Waals surface area contributed by atoms with Crippen molar-refractivity contribution >= 4 is 6.09 Å². The van der Waals surface area contributed by atoms with Gasteiger partial charge in [-0.25, -0.2) is 4.79 Å². The van der Waals surface area contributed by atoms with E-state index in [2.05, 4.69) is 10.5 Å². The van der Waals surface area contributed by atoms with E-state index < -0.39 is 19.1 Å². The van der Waals surface area contributed by atoms with Crippen molar-refractivity contribution in [3.8, 4) is 0 Å². The monoisotopic (exact) mass is 123 g/mol. The summed E-state index contributed by atoms with van der Waals surface area (Å²) >= 11 is 0. The molecule has 0 aliphatic rings. The Bertz CT molecular complexity index is 86.6. The fourth-order valence-electron chi connectivity index (χ4n) is 0.163. The van der Waals surface area contributed by atoms with E-state index in [1.807, 2.05) is 0 Å². The van der Waals surface area contributed by atoms with Crippen molar-refractivity contribution in [3.63, 3.8) is 0 Å². The number of carbonyl (C=O) groups is 1. The Hall–Kier alpha value is -0.840. The predicted octanol–water partition coefficient (Wildman–Crippen LogP) is -0.630. The van der Waals surface area contributed by atoms with E-state index in [9.17, 15) is 9.18 Å². The van der Waals surface area contributed by atoms with Crippen molar-refractivity contribution in [3.05, 3.63) is 0 Å². The molecule has 1 amide bonds. The van der Waals surface area contributed by atoms with E-state index in [1.54, 1.807) is 0 Å². The zero-order chi connectivity index (χ0) is 6.57. The Morgan fingerprint density at radius 2 is 2.50 bits per heavy atom. The third-order valence-corrected chi connectivity index (χ3v) is 0.388. The largest absolute Gasteiger partial charge is 0.413 e. The van der Waals surface area contributed by atoms with Crippen molar-refractivity contribution < 1.29 is 19.0 Å². The number of hydrogen-bond donors (Lipinski definition) is 2. The summed E-state index contributed by atoms with van der Waals surface area (Å²) in [7, 11) is 0. The van der Waals surface area contributed by atoms with Crippen LogP contribution in [-0.2, 0) is 4.74 Å². The first-order valence-electron chi connectivity index (χ1n) is 1.88. The van der Waals surface area contributed by atoms with Crippen LogP contribution in [0.15, 0.2) is 0 Å². The first-order valence-corrected chi connectivity index (χ1v) is 1.88. The van der Waals surface area contributed by atoms with Gasteiger partial charge in [0.1, 0.15) is 6.61 Å². The zero-order valence-corrected chi connectivity index (χ0v) is 4.00. The molecule has 0 aromatic carbocycles. The normalized spacial score (nSPS) is 12.8. The number of amides is 1. The lowest BCUT2D eigenvalue weighted by molar-refractivity contribution is -0.0196. The van der Waals surface area contributed by atoms with Crippen LogP contribution in [0.5, 0.6) is 0 Å². The predicted molar refractivity (Wildman–Crippen MR) is 22.7 cm³/mol. The van der Waals surface area contributed by atoms with Crippen LogP contribution < -0.4 is 5.73 Å². The third-order valence-electron chi connectivity index (χ3n) is 0.388. The average Bonchev–Trinajstić information content (AvgIpc) is 1.65. The Labute approximate surface area is 45.0 Å². The minimum atomic E-state index is -1.99. The van der Waals surface area contributed by atoms with Gasteiger partial charge < -0.3 is 15.6 Å². The van der Waals surface area contributed by atoms with Gasteiger partial charge in [0.25, 0.3) is 6.36 Å². The second kappa shape index (κ2) is 3.20. The van der Waals surface area contributed by atoms with Crippen LogP contribution in [0.4, 0.5) is 9.18 Å². The molecular formula is C3H6FNO3. The zero-order valence-electron chi connectivity index (χ0n) is 4.00. The van der Waals surface area contributed by atoms with Crippen molar-refractivity contribution in [2.24, 2.45) is 5.73 Å². The first-order chi connectivity index (χ1) is 3.66. The number of nitrogens with two attached hydrogens (primary N) is 1. The van der Waals surface area contributed by atoms with Crippen LogP contribution in [0.1, 0.15) is 0 Å². The van der Waals surface area contributed by atoms with E-state index in [1.165, 1.54) is 0 Å². The molecule has 8 heavy (non-hydrogen) atoms. The molecule has 1 atom stereocenters. The fraction of sp³-hybridized carbons (Fsp3) is 0.667. The number of alkyl halides is 1. The van der Waals surface area contributed by atoms with Gasteiger partial charge >= 0.3 is 6.09 Å². The maximum Gasteiger partial charge on any atom is 0.407 e. The summed E-state index contributed by atoms with van der Waals surface area (Å²) in [5.41, 5.74) is 4.36. The van der Waals surface area contributed by atoms with Gasteiger partial charge in [0.2, 0.25) is 0 Å². The minimum absolute atomic E-state index is 0.858. The molecule has 0 spiro atoms. The van der Waals surface area contributed by atoms with E-state index in [4.69, 9.17) is 5.11 Å². The van der Waals surface area contributed by atoms with Crippen molar-refractivity contribution in [2.45, 2.75) is 6.36 Å². The SMILES string of the molecule is NC(=O)OC(F)CO. The van der Waals surface area contributed by atoms with Crippen molar-refractivity contribution in [2.75, 3.05) is 6.61 Å². The molecule has 3 N–H and O–H groups in total. The molecule has 0 fully saturated rings. The molecule has 48 valence electrons. The summed E-state index contributed by atoms with van der Waals surface area (Å²) in [6, 6.07) is 0. The van der Waals surface area contributed by atoms with Crippen molar-refractivity contribution in [1.29, 1.82) is 0 Å². The summed E-state index contributed by atoms with van der Waals surface area (Å²) in [4.78, 5) is 9.62. The fourth-order valence-corrected chi connectivity index (χ4v) is 0.163. The number of aliphatic hydroxyl groups is 1. The number of hydrogen-bond acceptors (Lipinski definition) is 3.